The molecule has 0 aliphatic heterocycles. The van der Waals surface area contributed by atoms with Gasteiger partial charge in [0.2, 0.25) is 0 Å². The maximum atomic E-state index is 6.36. The fourth-order valence-electron chi connectivity index (χ4n) is 2.00. The lowest BCUT2D eigenvalue weighted by atomic mass is 9.99. The maximum Gasteiger partial charge on any atom is 0.0488 e. The summed E-state index contributed by atoms with van der Waals surface area (Å²) in [5.74, 6) is 0.556. The van der Waals surface area contributed by atoms with Crippen LogP contribution in [0, 0.1) is 5.92 Å². The summed E-state index contributed by atoms with van der Waals surface area (Å²) in [4.78, 5) is 0. The van der Waals surface area contributed by atoms with E-state index in [0.717, 1.165) is 24.9 Å². The van der Waals surface area contributed by atoms with Gasteiger partial charge in [-0.25, -0.2) is 0 Å². The first-order valence-electron chi connectivity index (χ1n) is 6.37. The minimum absolute atomic E-state index is 0.154. The van der Waals surface area contributed by atoms with Crippen molar-refractivity contribution in [1.82, 2.24) is 5.32 Å². The topological polar surface area (TPSA) is 12.0 Å². The molecule has 4 heteroatoms. The first-order chi connectivity index (χ1) is 8.60. The van der Waals surface area contributed by atoms with Gasteiger partial charge in [-0.3, -0.25) is 0 Å². The second-order valence-electron chi connectivity index (χ2n) is 4.42. The monoisotopic (exact) mass is 307 g/mol. The normalized spacial score (nSPS) is 13.0. The maximum absolute atomic E-state index is 6.36. The molecular formula is C14H20Cl3N. The van der Waals surface area contributed by atoms with Crippen LogP contribution < -0.4 is 5.32 Å². The van der Waals surface area contributed by atoms with Crippen molar-refractivity contribution in [2.24, 2.45) is 5.92 Å². The van der Waals surface area contributed by atoms with Gasteiger partial charge in [0, 0.05) is 34.1 Å². The highest BCUT2D eigenvalue weighted by molar-refractivity contribution is 6.35. The molecule has 1 aromatic carbocycles. The summed E-state index contributed by atoms with van der Waals surface area (Å²) in [5, 5.41) is 4.88. The van der Waals surface area contributed by atoms with Crippen LogP contribution in [0.15, 0.2) is 18.2 Å². The minimum atomic E-state index is 0.154. The Balaban J connectivity index is 2.46. The van der Waals surface area contributed by atoms with Gasteiger partial charge in [-0.1, -0.05) is 56.0 Å². The zero-order chi connectivity index (χ0) is 13.5. The molecule has 0 heterocycles. The summed E-state index contributed by atoms with van der Waals surface area (Å²) in [6.45, 7) is 5.78. The summed E-state index contributed by atoms with van der Waals surface area (Å²) in [6, 6.07) is 5.55. The molecule has 18 heavy (non-hydrogen) atoms. The van der Waals surface area contributed by atoms with Crippen molar-refractivity contribution in [3.8, 4) is 0 Å². The van der Waals surface area contributed by atoms with E-state index in [0.29, 0.717) is 22.5 Å². The van der Waals surface area contributed by atoms with E-state index in [1.165, 1.54) is 0 Å². The molecular weight excluding hydrogens is 289 g/mol. The zero-order valence-electron chi connectivity index (χ0n) is 10.8. The summed E-state index contributed by atoms with van der Waals surface area (Å²) in [6.07, 6.45) is 2.22. The highest BCUT2D eigenvalue weighted by Gasteiger charge is 2.15. The van der Waals surface area contributed by atoms with E-state index in [1.54, 1.807) is 0 Å². The number of hydrogen-bond acceptors (Lipinski definition) is 1. The number of halogens is 3. The molecule has 0 aromatic heterocycles. The highest BCUT2D eigenvalue weighted by atomic mass is 35.5. The first kappa shape index (κ1) is 16.1. The molecule has 0 saturated heterocycles. The largest absolute Gasteiger partial charge is 0.311 e. The molecule has 0 aliphatic rings. The molecule has 1 N–H and O–H groups in total. The van der Waals surface area contributed by atoms with E-state index in [-0.39, 0.29) is 5.38 Å². The smallest absolute Gasteiger partial charge is 0.0488 e. The molecule has 1 rings (SSSR count). The molecule has 102 valence electrons. The third kappa shape index (κ3) is 4.62. The van der Waals surface area contributed by atoms with Gasteiger partial charge in [0.05, 0.1) is 0 Å². The van der Waals surface area contributed by atoms with Crippen molar-refractivity contribution in [1.29, 1.82) is 0 Å². The van der Waals surface area contributed by atoms with E-state index in [4.69, 9.17) is 34.8 Å². The number of nitrogens with one attached hydrogen (secondary N) is 1. The van der Waals surface area contributed by atoms with Crippen LogP contribution in [0.2, 0.25) is 10.0 Å². The van der Waals surface area contributed by atoms with E-state index < -0.39 is 0 Å². The first-order valence-corrected chi connectivity index (χ1v) is 7.57. The quantitative estimate of drug-likeness (QED) is 0.689. The molecule has 0 aliphatic carbocycles. The van der Waals surface area contributed by atoms with Crippen molar-refractivity contribution in [3.05, 3.63) is 33.8 Å². The van der Waals surface area contributed by atoms with Gasteiger partial charge in [0.1, 0.15) is 0 Å². The predicted molar refractivity (Wildman–Crippen MR) is 81.9 cm³/mol. The van der Waals surface area contributed by atoms with Gasteiger partial charge in [-0.05, 0) is 18.1 Å². The summed E-state index contributed by atoms with van der Waals surface area (Å²) in [7, 11) is 0. The van der Waals surface area contributed by atoms with Crippen molar-refractivity contribution in [2.45, 2.75) is 38.6 Å². The van der Waals surface area contributed by atoms with E-state index in [9.17, 15) is 0 Å². The van der Waals surface area contributed by atoms with Gasteiger partial charge in [-0.2, -0.15) is 0 Å². The Labute approximate surface area is 125 Å². The third-order valence-corrected chi connectivity index (χ3v) is 4.48. The van der Waals surface area contributed by atoms with Gasteiger partial charge in [-0.15, -0.1) is 11.6 Å². The number of alkyl halides is 1. The Morgan fingerprint density at radius 3 is 2.17 bits per heavy atom. The van der Waals surface area contributed by atoms with Crippen LogP contribution in [0.25, 0.3) is 0 Å². The Bertz CT molecular complexity index is 344. The molecule has 1 aromatic rings. The average Bonchev–Trinajstić information content (AvgIpc) is 2.34. The Hall–Kier alpha value is 0.0500. The molecule has 0 amide bonds. The third-order valence-electron chi connectivity index (χ3n) is 3.26. The molecule has 1 unspecified atom stereocenters. The number of rotatable bonds is 7. The van der Waals surface area contributed by atoms with Crippen LogP contribution in [0.5, 0.6) is 0 Å². The summed E-state index contributed by atoms with van der Waals surface area (Å²) >= 11 is 18.6. The zero-order valence-corrected chi connectivity index (χ0v) is 13.1. The van der Waals surface area contributed by atoms with Gasteiger partial charge < -0.3 is 5.32 Å². The van der Waals surface area contributed by atoms with Crippen LogP contribution in [-0.2, 0) is 6.54 Å². The minimum Gasteiger partial charge on any atom is -0.311 e. The van der Waals surface area contributed by atoms with Gasteiger partial charge >= 0.3 is 0 Å². The second-order valence-corrected chi connectivity index (χ2v) is 5.80. The van der Waals surface area contributed by atoms with Crippen LogP contribution in [0.1, 0.15) is 32.3 Å². The lowest BCUT2D eigenvalue weighted by molar-refractivity contribution is 0.446. The standard InChI is InChI=1S/C14H20Cl3N/c1-3-10(4-2)14(17)9-18-8-11-12(15)6-5-7-13(11)16/h5-7,10,14,18H,3-4,8-9H2,1-2H3. The highest BCUT2D eigenvalue weighted by Crippen LogP contribution is 2.24. The summed E-state index contributed by atoms with van der Waals surface area (Å²) < 4.78 is 0. The average molecular weight is 309 g/mol. The Kier molecular flexibility index (Phi) is 7.40. The van der Waals surface area contributed by atoms with Gasteiger partial charge in [0.25, 0.3) is 0 Å². The fourth-order valence-corrected chi connectivity index (χ4v) is 3.00. The van der Waals surface area contributed by atoms with Crippen molar-refractivity contribution in [3.63, 3.8) is 0 Å². The Morgan fingerprint density at radius 1 is 1.11 bits per heavy atom. The van der Waals surface area contributed by atoms with Crippen molar-refractivity contribution < 1.29 is 0 Å². The molecule has 0 radical (unpaired) electrons. The molecule has 0 bridgehead atoms. The fraction of sp³-hybridized carbons (Fsp3) is 0.571. The van der Waals surface area contributed by atoms with Gasteiger partial charge in [0.15, 0.2) is 0 Å². The predicted octanol–water partition coefficient (Wildman–Crippen LogP) is 5.13. The second kappa shape index (κ2) is 8.27. The van der Waals surface area contributed by atoms with Crippen molar-refractivity contribution in [2.75, 3.05) is 6.54 Å². The molecule has 1 nitrogen and oxygen atoms in total. The van der Waals surface area contributed by atoms with Crippen LogP contribution in [0.3, 0.4) is 0 Å². The van der Waals surface area contributed by atoms with Crippen LogP contribution in [0.4, 0.5) is 0 Å². The SMILES string of the molecule is CCC(CC)C(Cl)CNCc1c(Cl)cccc1Cl. The van der Waals surface area contributed by atoms with E-state index in [1.807, 2.05) is 18.2 Å². The Morgan fingerprint density at radius 2 is 1.67 bits per heavy atom. The van der Waals surface area contributed by atoms with E-state index in [2.05, 4.69) is 19.2 Å². The molecule has 0 spiro atoms. The lowest BCUT2D eigenvalue weighted by Crippen LogP contribution is -2.28. The van der Waals surface area contributed by atoms with Crippen molar-refractivity contribution >= 4 is 34.8 Å². The summed E-state index contributed by atoms with van der Waals surface area (Å²) in [5.41, 5.74) is 0.939. The van der Waals surface area contributed by atoms with Crippen LogP contribution in [-0.4, -0.2) is 11.9 Å². The van der Waals surface area contributed by atoms with Crippen LogP contribution >= 0.6 is 34.8 Å². The molecule has 0 saturated carbocycles. The molecule has 0 fully saturated rings. The lowest BCUT2D eigenvalue weighted by Gasteiger charge is -2.20. The molecule has 1 atom stereocenters. The number of hydrogen-bond donors (Lipinski definition) is 1. The number of benzene rings is 1. The van der Waals surface area contributed by atoms with E-state index >= 15 is 0 Å².